The van der Waals surface area contributed by atoms with Gasteiger partial charge in [-0.05, 0) is 109 Å². The number of hydrogen-bond donors (Lipinski definition) is 3. The molecule has 3 aromatic rings. The van der Waals surface area contributed by atoms with Gasteiger partial charge in [-0.3, -0.25) is 33.6 Å². The van der Waals surface area contributed by atoms with E-state index in [2.05, 4.69) is 40.8 Å². The van der Waals surface area contributed by atoms with Gasteiger partial charge in [0.1, 0.15) is 17.2 Å². The van der Waals surface area contributed by atoms with Crippen LogP contribution < -0.4 is 14.8 Å². The van der Waals surface area contributed by atoms with Crippen molar-refractivity contribution in [3.8, 4) is 17.2 Å². The Bertz CT molecular complexity index is 2500. The molecule has 2 saturated heterocycles. The van der Waals surface area contributed by atoms with Crippen molar-refractivity contribution in [3.63, 3.8) is 0 Å². The Morgan fingerprint density at radius 2 is 1.44 bits per heavy atom. The van der Waals surface area contributed by atoms with Gasteiger partial charge in [0.25, 0.3) is 5.91 Å². The molecule has 73 heavy (non-hydrogen) atoms. The minimum atomic E-state index is -1.36. The predicted octanol–water partition coefficient (Wildman–Crippen LogP) is 7.65. The van der Waals surface area contributed by atoms with Crippen molar-refractivity contribution in [1.29, 1.82) is 1.43 Å². The van der Waals surface area contributed by atoms with Crippen LogP contribution >= 0.6 is 0 Å². The fraction of sp³-hybridized carbons (Fsp3) is 0.527. The van der Waals surface area contributed by atoms with Crippen LogP contribution in [0.3, 0.4) is 0 Å². The number of ether oxygens (including phenoxy) is 5. The van der Waals surface area contributed by atoms with E-state index in [1.54, 1.807) is 62.1 Å². The Labute approximate surface area is 430 Å². The van der Waals surface area contributed by atoms with Crippen molar-refractivity contribution < 1.29 is 73.6 Å². The molecule has 3 N–H and O–H groups in total. The zero-order valence-corrected chi connectivity index (χ0v) is 43.5. The summed E-state index contributed by atoms with van der Waals surface area (Å²) in [5.74, 6) is -2.65. The molecule has 1 spiro atoms. The highest BCUT2D eigenvalue weighted by molar-refractivity contribution is 6.01. The smallest absolute Gasteiger partial charge is 0.340 e. The number of likely N-dealkylation sites (tertiary alicyclic amines) is 1. The molecule has 4 heterocycles. The first kappa shape index (κ1) is 55.7. The van der Waals surface area contributed by atoms with E-state index in [4.69, 9.17) is 26.9 Å². The first-order valence-electron chi connectivity index (χ1n) is 25.9. The van der Waals surface area contributed by atoms with Crippen molar-refractivity contribution in [2.24, 2.45) is 10.8 Å². The van der Waals surface area contributed by atoms with Crippen LogP contribution in [0.1, 0.15) is 157 Å². The summed E-state index contributed by atoms with van der Waals surface area (Å²) in [6, 6.07) is 15.6. The molecule has 3 aromatic carbocycles. The highest BCUT2D eigenvalue weighted by Crippen LogP contribution is 2.57. The van der Waals surface area contributed by atoms with Gasteiger partial charge in [0, 0.05) is 68.3 Å². The van der Waals surface area contributed by atoms with Gasteiger partial charge in [0.2, 0.25) is 7.34 Å². The maximum atomic E-state index is 13.6. The zero-order valence-electron chi connectivity index (χ0n) is 45.5. The Hall–Kier alpha value is -6.66. The number of nitrogens with zero attached hydrogens (tertiary/aromatic N) is 2. The van der Waals surface area contributed by atoms with Crippen molar-refractivity contribution in [2.75, 3.05) is 53.0 Å². The van der Waals surface area contributed by atoms with Gasteiger partial charge in [-0.1, -0.05) is 52.3 Å². The van der Waals surface area contributed by atoms with Gasteiger partial charge in [0.05, 0.1) is 43.3 Å². The van der Waals surface area contributed by atoms with Crippen molar-refractivity contribution in [2.45, 2.75) is 125 Å². The largest absolute Gasteiger partial charge is 0.481 e. The molecule has 4 aliphatic heterocycles. The number of amides is 2. The van der Waals surface area contributed by atoms with Crippen LogP contribution in [0.4, 0.5) is 0 Å². The summed E-state index contributed by atoms with van der Waals surface area (Å²) in [7, 11) is 1.29. The monoisotopic (exact) mass is 1020 g/mol. The standard InChI is InChI=1S/C44H50N2O11.C6H15N.C4H4O3.CH4O/c1-27-10-13-32-34(23-27)56-35-25-29(55-41(53)42(2,3)4)12-15-33(35)44(32)31-14-11-28(24-30(31)40(52)57-44)39(51)45-20-8-6-7-9-36(47)46-21-18-43(5,19-22-46)26-54-38(50)17-16-37(48)49;1-4-7(5-2)6-3;5-3-1-2-4(6)7-3;1-2/h10-15,23-25H,6-9,16-22,26H2,1-5H3,(H,45,51)(H,48,49);4-6H2,1-3H3;1-2H2;2H,1H3/i5T;;;2T. The third-order valence-corrected chi connectivity index (χ3v) is 12.7. The number of piperidine rings is 1. The summed E-state index contributed by atoms with van der Waals surface area (Å²) in [4.78, 5) is 99.2. The van der Waals surface area contributed by atoms with Crippen LogP contribution in [0.15, 0.2) is 54.6 Å². The summed E-state index contributed by atoms with van der Waals surface area (Å²) in [6.45, 7) is 18.7. The number of aliphatic hydroxyl groups is 1. The van der Waals surface area contributed by atoms with Gasteiger partial charge in [-0.2, -0.15) is 0 Å². The van der Waals surface area contributed by atoms with Gasteiger partial charge in [0.15, 0.2) is 5.60 Å². The molecule has 2 fully saturated rings. The number of cyclic esters (lactones) is 2. The minimum Gasteiger partial charge on any atom is -0.481 e. The summed E-state index contributed by atoms with van der Waals surface area (Å²) < 4.78 is 41.3. The average Bonchev–Trinajstić information content (AvgIpc) is 3.91. The second kappa shape index (κ2) is 26.9. The summed E-state index contributed by atoms with van der Waals surface area (Å²) in [5, 5.41) is 15.2. The third kappa shape index (κ3) is 15.9. The van der Waals surface area contributed by atoms with E-state index in [9.17, 15) is 38.4 Å². The maximum Gasteiger partial charge on any atom is 0.340 e. The molecule has 0 aromatic heterocycles. The highest BCUT2D eigenvalue weighted by atomic mass is 16.6. The van der Waals surface area contributed by atoms with Crippen molar-refractivity contribution >= 4 is 47.6 Å². The van der Waals surface area contributed by atoms with E-state index in [1.165, 1.54) is 26.7 Å². The first-order chi connectivity index (χ1) is 35.6. The van der Waals surface area contributed by atoms with E-state index in [-0.39, 0.29) is 56.6 Å². The molecule has 2 amide bonds. The Morgan fingerprint density at radius 1 is 0.822 bits per heavy atom. The van der Waals surface area contributed by atoms with Crippen molar-refractivity contribution in [3.05, 3.63) is 88.0 Å². The lowest BCUT2D eigenvalue weighted by molar-refractivity contribution is -0.152. The molecule has 1 atom stereocenters. The number of fused-ring (bicyclic) bond motifs is 6. The lowest BCUT2D eigenvalue weighted by atomic mass is 9.77. The number of esters is 5. The van der Waals surface area contributed by atoms with Gasteiger partial charge < -0.3 is 49.0 Å². The molecule has 18 nitrogen and oxygen atoms in total. The molecule has 4 aliphatic rings. The summed E-state index contributed by atoms with van der Waals surface area (Å²) in [5.41, 5.74) is 0.587. The highest BCUT2D eigenvalue weighted by Gasteiger charge is 2.54. The second-order valence-electron chi connectivity index (χ2n) is 19.2. The predicted molar refractivity (Wildman–Crippen MR) is 269 cm³/mol. The lowest BCUT2D eigenvalue weighted by Crippen LogP contribution is -2.44. The van der Waals surface area contributed by atoms with Crippen LogP contribution in [-0.4, -0.2) is 122 Å². The van der Waals surface area contributed by atoms with Crippen LogP contribution in [0.25, 0.3) is 0 Å². The number of carboxylic acid groups (broad SMARTS) is 1. The SMILES string of the molecule is CCN(CC)CC.O=C1CCC(=O)O1.[3H]CC1(COC(=O)CCC(=O)O)CCN(C(=O)CCCCCNC(=O)c2ccc3c(c2)C(=O)OC32c3ccc(C)cc3Oc3cc(OC(=O)C(C)(C)C)ccc32)CC1.[3H]OC. The molecule has 7 rings (SSSR count). The number of carbonyl (C=O) groups is 8. The molecular formula is C55H73N3O15. The molecule has 0 aliphatic carbocycles. The van der Waals surface area contributed by atoms with Crippen LogP contribution in [-0.2, 0) is 48.6 Å². The maximum absolute atomic E-state index is 13.6. The van der Waals surface area contributed by atoms with Crippen LogP contribution in [0.5, 0.6) is 17.2 Å². The molecule has 0 radical (unpaired) electrons. The summed E-state index contributed by atoms with van der Waals surface area (Å²) >= 11 is 0. The third-order valence-electron chi connectivity index (χ3n) is 12.7. The van der Waals surface area contributed by atoms with Crippen LogP contribution in [0, 0.1) is 17.8 Å². The molecule has 0 bridgehead atoms. The zero-order chi connectivity index (χ0) is 55.5. The molecule has 0 saturated carbocycles. The van der Waals surface area contributed by atoms with Crippen LogP contribution in [0.2, 0.25) is 0 Å². The van der Waals surface area contributed by atoms with E-state index in [0.717, 1.165) is 5.56 Å². The van der Waals surface area contributed by atoms with Gasteiger partial charge in [-0.15, -0.1) is 0 Å². The fourth-order valence-corrected chi connectivity index (χ4v) is 8.31. The topological polar surface area (TPSA) is 242 Å². The quantitative estimate of drug-likeness (QED) is 0.0410. The summed E-state index contributed by atoms with van der Waals surface area (Å²) in [6.07, 6.45) is 3.38. The number of nitrogens with one attached hydrogen (secondary N) is 1. The molecule has 398 valence electrons. The molecular weight excluding hydrogens is 943 g/mol. The fourth-order valence-electron chi connectivity index (χ4n) is 8.31. The number of benzene rings is 3. The second-order valence-corrected chi connectivity index (χ2v) is 19.2. The van der Waals surface area contributed by atoms with E-state index >= 15 is 0 Å². The van der Waals surface area contributed by atoms with E-state index < -0.39 is 52.2 Å². The number of aliphatic hydroxyl groups excluding tert-OH is 1. The molecule has 1 unspecified atom stereocenters. The minimum absolute atomic E-state index is 0.0122. The number of unbranched alkanes of at least 4 members (excludes halogenated alkanes) is 2. The number of aliphatic carboxylic acids is 1. The number of rotatable bonds is 16. The first-order valence-corrected chi connectivity index (χ1v) is 24.8. The van der Waals surface area contributed by atoms with Crippen molar-refractivity contribution in [1.82, 2.24) is 15.1 Å². The lowest BCUT2D eigenvalue weighted by Gasteiger charge is -2.39. The van der Waals surface area contributed by atoms with E-state index in [0.29, 0.717) is 97.7 Å². The average molecular weight is 1020 g/mol. The van der Waals surface area contributed by atoms with Gasteiger partial charge in [-0.25, -0.2) is 4.79 Å². The van der Waals surface area contributed by atoms with Gasteiger partial charge >= 0.3 is 35.8 Å². The number of aryl methyl sites for hydroxylation is 1. The number of carbonyl (C=O) groups excluding carboxylic acids is 7. The van der Waals surface area contributed by atoms with E-state index in [1.807, 2.05) is 25.1 Å². The Balaban J connectivity index is 0.000000612. The Kier molecular flexibility index (Phi) is 20.5. The normalized spacial score (nSPS) is 17.2. The number of carboxylic acids is 1. The number of hydrogen-bond acceptors (Lipinski definition) is 15. The molecule has 18 heteroatoms. The Morgan fingerprint density at radius 3 is 2.00 bits per heavy atom.